The third kappa shape index (κ3) is 2.57. The predicted octanol–water partition coefficient (Wildman–Crippen LogP) is 2.19. The lowest BCUT2D eigenvalue weighted by atomic mass is 10.3. The summed E-state index contributed by atoms with van der Waals surface area (Å²) in [6.07, 6.45) is 6.46. The quantitative estimate of drug-likeness (QED) is 0.919. The Hall–Kier alpha value is -1.76. The van der Waals surface area contributed by atoms with E-state index in [2.05, 4.69) is 25.1 Å². The van der Waals surface area contributed by atoms with E-state index in [1.54, 1.807) is 6.20 Å². The topological polar surface area (TPSA) is 72.7 Å². The maximum atomic E-state index is 12.1. The van der Waals surface area contributed by atoms with E-state index in [1.807, 2.05) is 6.92 Å². The minimum Gasteiger partial charge on any atom is -0.344 e. The van der Waals surface area contributed by atoms with E-state index in [0.717, 1.165) is 16.7 Å². The van der Waals surface area contributed by atoms with Crippen LogP contribution < -0.4 is 5.32 Å². The van der Waals surface area contributed by atoms with Crippen molar-refractivity contribution in [1.29, 1.82) is 0 Å². The van der Waals surface area contributed by atoms with Crippen LogP contribution in [-0.4, -0.2) is 25.7 Å². The van der Waals surface area contributed by atoms with Gasteiger partial charge in [0, 0.05) is 12.0 Å². The first-order chi connectivity index (χ1) is 10.2. The molecule has 6 nitrogen and oxygen atoms in total. The molecule has 110 valence electrons. The van der Waals surface area contributed by atoms with E-state index in [-0.39, 0.29) is 5.91 Å². The number of amides is 1. The van der Waals surface area contributed by atoms with Crippen LogP contribution in [0.1, 0.15) is 64.0 Å². The Morgan fingerprint density at radius 2 is 2.19 bits per heavy atom. The number of nitrogens with zero attached hydrogens (tertiary/aromatic N) is 4. The highest BCUT2D eigenvalue weighted by atomic mass is 32.1. The van der Waals surface area contributed by atoms with E-state index in [4.69, 9.17) is 0 Å². The fourth-order valence-electron chi connectivity index (χ4n) is 2.52. The summed E-state index contributed by atoms with van der Waals surface area (Å²) >= 11 is 1.41. The van der Waals surface area contributed by atoms with Crippen molar-refractivity contribution in [3.8, 4) is 0 Å². The summed E-state index contributed by atoms with van der Waals surface area (Å²) in [4.78, 5) is 16.8. The third-order valence-corrected chi connectivity index (χ3v) is 4.81. The minimum atomic E-state index is -0.0843. The van der Waals surface area contributed by atoms with Gasteiger partial charge >= 0.3 is 0 Å². The van der Waals surface area contributed by atoms with Gasteiger partial charge in [0.15, 0.2) is 5.82 Å². The summed E-state index contributed by atoms with van der Waals surface area (Å²) in [7, 11) is 0. The van der Waals surface area contributed by atoms with Crippen molar-refractivity contribution in [2.24, 2.45) is 0 Å². The first kappa shape index (κ1) is 12.9. The van der Waals surface area contributed by atoms with E-state index in [9.17, 15) is 4.79 Å². The van der Waals surface area contributed by atoms with Crippen molar-refractivity contribution in [1.82, 2.24) is 25.1 Å². The highest BCUT2D eigenvalue weighted by Gasteiger charge is 2.36. The summed E-state index contributed by atoms with van der Waals surface area (Å²) in [6.45, 7) is 2.33. The average molecular weight is 303 g/mol. The molecule has 0 aliphatic heterocycles. The van der Waals surface area contributed by atoms with Crippen molar-refractivity contribution < 1.29 is 4.79 Å². The van der Waals surface area contributed by atoms with Gasteiger partial charge in [-0.15, -0.1) is 21.5 Å². The summed E-state index contributed by atoms with van der Waals surface area (Å²) < 4.78 is 2.26. The molecule has 2 heterocycles. The number of carbonyl (C=O) groups is 1. The van der Waals surface area contributed by atoms with Gasteiger partial charge in [-0.1, -0.05) is 0 Å². The molecule has 0 spiro atoms. The van der Waals surface area contributed by atoms with Gasteiger partial charge in [0.1, 0.15) is 10.7 Å². The Kier molecular flexibility index (Phi) is 3.02. The second kappa shape index (κ2) is 4.91. The van der Waals surface area contributed by atoms with Gasteiger partial charge in [0.2, 0.25) is 0 Å². The van der Waals surface area contributed by atoms with Gasteiger partial charge in [-0.25, -0.2) is 4.98 Å². The number of hydrogen-bond acceptors (Lipinski definition) is 5. The average Bonchev–Trinajstić information content (AvgIpc) is 3.40. The van der Waals surface area contributed by atoms with Crippen molar-refractivity contribution in [3.63, 3.8) is 0 Å². The Bertz CT molecular complexity index is 683. The molecule has 1 amide bonds. The second-order valence-electron chi connectivity index (χ2n) is 5.78. The normalized spacial score (nSPS) is 18.0. The lowest BCUT2D eigenvalue weighted by Crippen LogP contribution is -2.24. The zero-order valence-electron chi connectivity index (χ0n) is 11.9. The molecule has 2 aliphatic rings. The zero-order valence-corrected chi connectivity index (χ0v) is 12.7. The Morgan fingerprint density at radius 3 is 2.81 bits per heavy atom. The summed E-state index contributed by atoms with van der Waals surface area (Å²) in [5.41, 5.74) is 0. The molecule has 2 saturated carbocycles. The fraction of sp³-hybridized carbons (Fsp3) is 0.571. The van der Waals surface area contributed by atoms with Gasteiger partial charge in [0.25, 0.3) is 5.91 Å². The number of carbonyl (C=O) groups excluding carboxylic acids is 1. The number of aryl methyl sites for hydroxylation is 1. The monoisotopic (exact) mass is 303 g/mol. The molecule has 0 saturated heterocycles. The number of thiazole rings is 1. The highest BCUT2D eigenvalue weighted by molar-refractivity contribution is 7.13. The largest absolute Gasteiger partial charge is 0.344 e. The molecule has 0 unspecified atom stereocenters. The molecule has 0 aromatic carbocycles. The zero-order chi connectivity index (χ0) is 14.4. The number of rotatable bonds is 5. The highest BCUT2D eigenvalue weighted by Crippen LogP contribution is 2.44. The first-order valence-corrected chi connectivity index (χ1v) is 8.18. The number of aromatic nitrogens is 4. The van der Waals surface area contributed by atoms with Crippen molar-refractivity contribution in [3.05, 3.63) is 27.7 Å². The molecule has 2 aromatic rings. The molecule has 1 N–H and O–H groups in total. The molecule has 0 radical (unpaired) electrons. The molecular formula is C14H17N5OS. The molecule has 0 bridgehead atoms. The van der Waals surface area contributed by atoms with E-state index in [1.165, 1.54) is 37.0 Å². The molecule has 4 rings (SSSR count). The maximum Gasteiger partial charge on any atom is 0.263 e. The van der Waals surface area contributed by atoms with Crippen LogP contribution in [-0.2, 0) is 6.54 Å². The predicted molar refractivity (Wildman–Crippen MR) is 78.3 cm³/mol. The third-order valence-electron chi connectivity index (χ3n) is 3.90. The van der Waals surface area contributed by atoms with Gasteiger partial charge in [-0.2, -0.15) is 0 Å². The van der Waals surface area contributed by atoms with Crippen LogP contribution in [0.5, 0.6) is 0 Å². The molecule has 2 aromatic heterocycles. The second-order valence-corrected chi connectivity index (χ2v) is 7.01. The van der Waals surface area contributed by atoms with Gasteiger partial charge < -0.3 is 9.88 Å². The van der Waals surface area contributed by atoms with Gasteiger partial charge in [-0.05, 0) is 32.6 Å². The SMILES string of the molecule is Cc1ncc(C(=O)NCc2nnc(C3CC3)n2C2CC2)s1. The Balaban J connectivity index is 1.48. The smallest absolute Gasteiger partial charge is 0.263 e. The van der Waals surface area contributed by atoms with Crippen molar-refractivity contribution in [2.45, 2.75) is 51.1 Å². The maximum absolute atomic E-state index is 12.1. The molecule has 2 fully saturated rings. The van der Waals surface area contributed by atoms with E-state index >= 15 is 0 Å². The van der Waals surface area contributed by atoms with Crippen molar-refractivity contribution in [2.75, 3.05) is 0 Å². The van der Waals surface area contributed by atoms with Crippen LogP contribution in [0.15, 0.2) is 6.20 Å². The fourth-order valence-corrected chi connectivity index (χ4v) is 3.22. The lowest BCUT2D eigenvalue weighted by Gasteiger charge is -2.09. The Labute approximate surface area is 126 Å². The number of nitrogens with one attached hydrogen (secondary N) is 1. The summed E-state index contributed by atoms with van der Waals surface area (Å²) in [5.74, 6) is 2.51. The van der Waals surface area contributed by atoms with E-state index < -0.39 is 0 Å². The lowest BCUT2D eigenvalue weighted by molar-refractivity contribution is 0.0953. The van der Waals surface area contributed by atoms with E-state index in [0.29, 0.717) is 23.4 Å². The van der Waals surface area contributed by atoms with Crippen LogP contribution in [0, 0.1) is 6.92 Å². The van der Waals surface area contributed by atoms with Gasteiger partial charge in [-0.3, -0.25) is 4.79 Å². The van der Waals surface area contributed by atoms with Crippen molar-refractivity contribution >= 4 is 17.2 Å². The summed E-state index contributed by atoms with van der Waals surface area (Å²) in [6, 6.07) is 0.549. The molecular weight excluding hydrogens is 286 g/mol. The number of hydrogen-bond donors (Lipinski definition) is 1. The van der Waals surface area contributed by atoms with Crippen LogP contribution in [0.2, 0.25) is 0 Å². The van der Waals surface area contributed by atoms with Crippen LogP contribution in [0.3, 0.4) is 0 Å². The summed E-state index contributed by atoms with van der Waals surface area (Å²) in [5, 5.41) is 12.5. The molecule has 21 heavy (non-hydrogen) atoms. The standard InChI is InChI=1S/C14H17N5OS/c1-8-15-6-11(21-8)14(20)16-7-12-17-18-13(9-2-3-9)19(12)10-4-5-10/h6,9-10H,2-5,7H2,1H3,(H,16,20). The Morgan fingerprint density at radius 1 is 1.38 bits per heavy atom. The molecule has 7 heteroatoms. The van der Waals surface area contributed by atoms with Crippen LogP contribution in [0.25, 0.3) is 0 Å². The molecule has 0 atom stereocenters. The minimum absolute atomic E-state index is 0.0843. The van der Waals surface area contributed by atoms with Crippen LogP contribution >= 0.6 is 11.3 Å². The molecule has 2 aliphatic carbocycles. The first-order valence-electron chi connectivity index (χ1n) is 7.36. The van der Waals surface area contributed by atoms with Crippen LogP contribution in [0.4, 0.5) is 0 Å². The van der Waals surface area contributed by atoms with Gasteiger partial charge in [0.05, 0.1) is 17.7 Å².